The predicted octanol–water partition coefficient (Wildman–Crippen LogP) is 2.49. The van der Waals surface area contributed by atoms with Crippen molar-refractivity contribution >= 4 is 0 Å². The van der Waals surface area contributed by atoms with Gasteiger partial charge in [0.2, 0.25) is 0 Å². The van der Waals surface area contributed by atoms with Crippen LogP contribution in [0.4, 0.5) is 13.2 Å². The van der Waals surface area contributed by atoms with Crippen LogP contribution in [0.2, 0.25) is 0 Å². The zero-order valence-electron chi connectivity index (χ0n) is 7.17. The predicted molar refractivity (Wildman–Crippen MR) is 43.0 cm³/mol. The summed E-state index contributed by atoms with van der Waals surface area (Å²) >= 11 is 0. The van der Waals surface area contributed by atoms with Crippen molar-refractivity contribution in [3.8, 4) is 0 Å². The molecule has 12 heavy (non-hydrogen) atoms. The van der Waals surface area contributed by atoms with E-state index in [1.165, 1.54) is 0 Å². The van der Waals surface area contributed by atoms with Crippen molar-refractivity contribution in [3.05, 3.63) is 12.2 Å². The lowest BCUT2D eigenvalue weighted by atomic mass is 10.2. The SMILES string of the molecule is C=C(CC)CNCCC(F)(F)F. The largest absolute Gasteiger partial charge is 0.390 e. The minimum atomic E-state index is -4.06. The number of halogens is 3. The summed E-state index contributed by atoms with van der Waals surface area (Å²) in [6.45, 7) is 6.04. The van der Waals surface area contributed by atoms with E-state index in [0.29, 0.717) is 6.54 Å². The van der Waals surface area contributed by atoms with E-state index in [1.54, 1.807) is 0 Å². The number of hydrogen-bond acceptors (Lipinski definition) is 1. The Labute approximate surface area is 70.7 Å². The van der Waals surface area contributed by atoms with Gasteiger partial charge in [-0.1, -0.05) is 19.1 Å². The molecule has 0 saturated carbocycles. The van der Waals surface area contributed by atoms with Crippen LogP contribution in [-0.4, -0.2) is 19.3 Å². The summed E-state index contributed by atoms with van der Waals surface area (Å²) in [5.41, 5.74) is 0.928. The Morgan fingerprint density at radius 1 is 1.42 bits per heavy atom. The average molecular weight is 181 g/mol. The average Bonchev–Trinajstić information content (AvgIpc) is 1.96. The highest BCUT2D eigenvalue weighted by Crippen LogP contribution is 2.18. The Morgan fingerprint density at radius 3 is 2.42 bits per heavy atom. The second-order valence-corrected chi connectivity index (χ2v) is 2.65. The van der Waals surface area contributed by atoms with E-state index in [-0.39, 0.29) is 6.54 Å². The third-order valence-electron chi connectivity index (χ3n) is 1.46. The Hall–Kier alpha value is -0.510. The molecule has 0 saturated heterocycles. The fourth-order valence-electron chi connectivity index (χ4n) is 0.620. The van der Waals surface area contributed by atoms with Crippen LogP contribution in [-0.2, 0) is 0 Å². The number of rotatable bonds is 5. The monoisotopic (exact) mass is 181 g/mol. The highest BCUT2D eigenvalue weighted by Gasteiger charge is 2.25. The summed E-state index contributed by atoms with van der Waals surface area (Å²) in [5.74, 6) is 0. The summed E-state index contributed by atoms with van der Waals surface area (Å²) in [6, 6.07) is 0. The van der Waals surface area contributed by atoms with Gasteiger partial charge in [0.15, 0.2) is 0 Å². The van der Waals surface area contributed by atoms with Crippen LogP contribution in [0.1, 0.15) is 19.8 Å². The first-order chi connectivity index (χ1) is 5.45. The maximum absolute atomic E-state index is 11.6. The molecule has 0 spiro atoms. The van der Waals surface area contributed by atoms with Crippen molar-refractivity contribution in [2.45, 2.75) is 25.9 Å². The number of nitrogens with one attached hydrogen (secondary N) is 1. The first-order valence-electron chi connectivity index (χ1n) is 3.90. The molecule has 0 heterocycles. The van der Waals surface area contributed by atoms with Crippen molar-refractivity contribution in [1.29, 1.82) is 0 Å². The first-order valence-corrected chi connectivity index (χ1v) is 3.90. The quantitative estimate of drug-likeness (QED) is 0.507. The van der Waals surface area contributed by atoms with E-state index < -0.39 is 12.6 Å². The van der Waals surface area contributed by atoms with Gasteiger partial charge >= 0.3 is 6.18 Å². The molecule has 0 rings (SSSR count). The third-order valence-corrected chi connectivity index (χ3v) is 1.46. The van der Waals surface area contributed by atoms with E-state index in [4.69, 9.17) is 0 Å². The lowest BCUT2D eigenvalue weighted by Crippen LogP contribution is -2.23. The summed E-state index contributed by atoms with van der Waals surface area (Å²) in [7, 11) is 0. The van der Waals surface area contributed by atoms with Crippen LogP contribution < -0.4 is 5.32 Å². The molecule has 0 radical (unpaired) electrons. The van der Waals surface area contributed by atoms with Crippen molar-refractivity contribution in [2.24, 2.45) is 0 Å². The molecule has 0 aliphatic heterocycles. The summed E-state index contributed by atoms with van der Waals surface area (Å²) in [6.07, 6.45) is -4.02. The molecule has 0 aliphatic carbocycles. The van der Waals surface area contributed by atoms with Crippen LogP contribution in [0.15, 0.2) is 12.2 Å². The highest BCUT2D eigenvalue weighted by atomic mass is 19.4. The maximum atomic E-state index is 11.6. The van der Waals surface area contributed by atoms with Crippen molar-refractivity contribution < 1.29 is 13.2 Å². The topological polar surface area (TPSA) is 12.0 Å². The van der Waals surface area contributed by atoms with Crippen molar-refractivity contribution in [2.75, 3.05) is 13.1 Å². The maximum Gasteiger partial charge on any atom is 0.390 e. The fourth-order valence-corrected chi connectivity index (χ4v) is 0.620. The van der Waals surface area contributed by atoms with Gasteiger partial charge in [-0.3, -0.25) is 0 Å². The second kappa shape index (κ2) is 5.19. The standard InChI is InChI=1S/C8H14F3N/c1-3-7(2)6-12-5-4-8(9,10)11/h12H,2-6H2,1H3. The van der Waals surface area contributed by atoms with Gasteiger partial charge in [-0.2, -0.15) is 13.2 Å². The van der Waals surface area contributed by atoms with Crippen molar-refractivity contribution in [1.82, 2.24) is 5.32 Å². The van der Waals surface area contributed by atoms with Crippen LogP contribution in [0, 0.1) is 0 Å². The molecule has 0 amide bonds. The molecule has 0 atom stereocenters. The Bertz CT molecular complexity index is 140. The lowest BCUT2D eigenvalue weighted by Gasteiger charge is -2.07. The van der Waals surface area contributed by atoms with Crippen molar-refractivity contribution in [3.63, 3.8) is 0 Å². The highest BCUT2D eigenvalue weighted by molar-refractivity contribution is 4.94. The van der Waals surface area contributed by atoms with Gasteiger partial charge in [0, 0.05) is 13.1 Å². The van der Waals surface area contributed by atoms with Gasteiger partial charge in [0.05, 0.1) is 6.42 Å². The minimum absolute atomic E-state index is 0.0253. The first kappa shape index (κ1) is 11.5. The molecule has 0 bridgehead atoms. The molecular weight excluding hydrogens is 167 g/mol. The summed E-state index contributed by atoms with van der Waals surface area (Å²) in [4.78, 5) is 0. The van der Waals surface area contributed by atoms with Crippen LogP contribution >= 0.6 is 0 Å². The molecule has 4 heteroatoms. The van der Waals surface area contributed by atoms with Gasteiger partial charge in [-0.15, -0.1) is 0 Å². The fraction of sp³-hybridized carbons (Fsp3) is 0.750. The Morgan fingerprint density at radius 2 is 2.00 bits per heavy atom. The van der Waals surface area contributed by atoms with Gasteiger partial charge in [0.1, 0.15) is 0 Å². The summed E-state index contributed by atoms with van der Waals surface area (Å²) < 4.78 is 34.8. The zero-order chi connectivity index (χ0) is 9.61. The van der Waals surface area contributed by atoms with Crippen LogP contribution in [0.5, 0.6) is 0 Å². The minimum Gasteiger partial charge on any atom is -0.313 e. The van der Waals surface area contributed by atoms with Gasteiger partial charge in [-0.25, -0.2) is 0 Å². The van der Waals surface area contributed by atoms with Crippen LogP contribution in [0.3, 0.4) is 0 Å². The third kappa shape index (κ3) is 7.60. The van der Waals surface area contributed by atoms with E-state index in [0.717, 1.165) is 12.0 Å². The Balaban J connectivity index is 3.28. The van der Waals surface area contributed by atoms with Gasteiger partial charge < -0.3 is 5.32 Å². The van der Waals surface area contributed by atoms with Gasteiger partial charge in [-0.05, 0) is 6.42 Å². The van der Waals surface area contributed by atoms with E-state index in [2.05, 4.69) is 11.9 Å². The molecule has 72 valence electrons. The summed E-state index contributed by atoms with van der Waals surface area (Å²) in [5, 5.41) is 2.67. The molecule has 0 aromatic rings. The zero-order valence-corrected chi connectivity index (χ0v) is 7.17. The second-order valence-electron chi connectivity index (χ2n) is 2.65. The molecular formula is C8H14F3N. The molecule has 0 aromatic carbocycles. The van der Waals surface area contributed by atoms with Gasteiger partial charge in [0.25, 0.3) is 0 Å². The lowest BCUT2D eigenvalue weighted by molar-refractivity contribution is -0.133. The smallest absolute Gasteiger partial charge is 0.313 e. The molecule has 0 fully saturated rings. The van der Waals surface area contributed by atoms with Crippen LogP contribution in [0.25, 0.3) is 0 Å². The molecule has 0 aromatic heterocycles. The normalized spacial score (nSPS) is 11.7. The molecule has 0 unspecified atom stereocenters. The number of alkyl halides is 3. The van der Waals surface area contributed by atoms with E-state index in [9.17, 15) is 13.2 Å². The van der Waals surface area contributed by atoms with E-state index >= 15 is 0 Å². The molecule has 1 nitrogen and oxygen atoms in total. The molecule has 1 N–H and O–H groups in total. The number of hydrogen-bond donors (Lipinski definition) is 1. The Kier molecular flexibility index (Phi) is 4.97. The molecule has 0 aliphatic rings. The van der Waals surface area contributed by atoms with E-state index in [1.807, 2.05) is 6.92 Å².